The minimum absolute atomic E-state index is 0.127. The maximum absolute atomic E-state index is 11.3. The van der Waals surface area contributed by atoms with Crippen LogP contribution in [0, 0.1) is 0 Å². The summed E-state index contributed by atoms with van der Waals surface area (Å²) in [5.74, 6) is -0.127. The molecule has 1 aliphatic rings. The Morgan fingerprint density at radius 1 is 1.43 bits per heavy atom. The number of alkyl halides is 1. The van der Waals surface area contributed by atoms with E-state index >= 15 is 0 Å². The van der Waals surface area contributed by atoms with Crippen molar-refractivity contribution in [3.8, 4) is 0 Å². The Balaban J connectivity index is 2.06. The summed E-state index contributed by atoms with van der Waals surface area (Å²) in [4.78, 5) is 11.3. The van der Waals surface area contributed by atoms with E-state index in [1.165, 1.54) is 0 Å². The molecule has 1 fully saturated rings. The molecule has 0 saturated carbocycles. The molecule has 0 aromatic heterocycles. The summed E-state index contributed by atoms with van der Waals surface area (Å²) >= 11 is 3.32. The molecule has 1 rings (SSSR count). The van der Waals surface area contributed by atoms with Crippen molar-refractivity contribution in [3.05, 3.63) is 0 Å². The topological polar surface area (TPSA) is 35.5 Å². The fraction of sp³-hybridized carbons (Fsp3) is 0.900. The molecule has 1 atom stereocenters. The highest BCUT2D eigenvalue weighted by Crippen LogP contribution is 2.14. The van der Waals surface area contributed by atoms with Crippen LogP contribution in [0.15, 0.2) is 0 Å². The first-order valence-electron chi connectivity index (χ1n) is 5.20. The third kappa shape index (κ3) is 4.96. The molecule has 0 aliphatic carbocycles. The summed E-state index contributed by atoms with van der Waals surface area (Å²) < 4.78 is 10.5. The van der Waals surface area contributed by atoms with Crippen LogP contribution in [0.5, 0.6) is 0 Å². The zero-order chi connectivity index (χ0) is 10.2. The van der Waals surface area contributed by atoms with E-state index in [1.807, 2.05) is 0 Å². The van der Waals surface area contributed by atoms with Crippen LogP contribution in [0.2, 0.25) is 0 Å². The van der Waals surface area contributed by atoms with E-state index in [4.69, 9.17) is 9.47 Å². The van der Waals surface area contributed by atoms with Gasteiger partial charge in [-0.15, -0.1) is 0 Å². The molecule has 1 unspecified atom stereocenters. The number of hydrogen-bond donors (Lipinski definition) is 0. The van der Waals surface area contributed by atoms with E-state index < -0.39 is 0 Å². The van der Waals surface area contributed by atoms with Gasteiger partial charge in [-0.1, -0.05) is 15.9 Å². The van der Waals surface area contributed by atoms with Gasteiger partial charge in [0.2, 0.25) is 6.29 Å². The maximum atomic E-state index is 11.3. The lowest BCUT2D eigenvalue weighted by Gasteiger charge is -2.22. The SMILES string of the molecule is O=C(CCCCBr)OC1CCCCO1. The van der Waals surface area contributed by atoms with Crippen molar-refractivity contribution in [2.75, 3.05) is 11.9 Å². The molecule has 0 aromatic rings. The van der Waals surface area contributed by atoms with Crippen molar-refractivity contribution in [2.24, 2.45) is 0 Å². The van der Waals surface area contributed by atoms with Gasteiger partial charge in [0.15, 0.2) is 0 Å². The number of halogens is 1. The zero-order valence-corrected chi connectivity index (χ0v) is 9.92. The highest BCUT2D eigenvalue weighted by Gasteiger charge is 2.17. The molecule has 1 aliphatic heterocycles. The molecule has 0 aromatic carbocycles. The first-order chi connectivity index (χ1) is 6.83. The molecule has 0 bridgehead atoms. The smallest absolute Gasteiger partial charge is 0.308 e. The number of esters is 1. The Labute approximate surface area is 93.3 Å². The standard InChI is InChI=1S/C10H17BrO3/c11-7-3-1-5-9(12)14-10-6-2-4-8-13-10/h10H,1-8H2. The molecular formula is C10H17BrO3. The van der Waals surface area contributed by atoms with E-state index in [0.29, 0.717) is 6.42 Å². The van der Waals surface area contributed by atoms with Crippen molar-refractivity contribution in [1.29, 1.82) is 0 Å². The highest BCUT2D eigenvalue weighted by molar-refractivity contribution is 9.09. The largest absolute Gasteiger partial charge is 0.436 e. The van der Waals surface area contributed by atoms with E-state index in [9.17, 15) is 4.79 Å². The third-order valence-corrected chi connectivity index (χ3v) is 2.73. The van der Waals surface area contributed by atoms with Gasteiger partial charge in [-0.25, -0.2) is 0 Å². The predicted molar refractivity (Wildman–Crippen MR) is 57.3 cm³/mol. The van der Waals surface area contributed by atoms with Crippen LogP contribution in [-0.4, -0.2) is 24.2 Å². The quantitative estimate of drug-likeness (QED) is 0.435. The van der Waals surface area contributed by atoms with E-state index in [1.54, 1.807) is 0 Å². The summed E-state index contributed by atoms with van der Waals surface area (Å²) in [7, 11) is 0. The number of carbonyl (C=O) groups excluding carboxylic acids is 1. The lowest BCUT2D eigenvalue weighted by atomic mass is 10.2. The van der Waals surface area contributed by atoms with Crippen molar-refractivity contribution in [3.63, 3.8) is 0 Å². The molecule has 0 amide bonds. The fourth-order valence-electron chi connectivity index (χ4n) is 1.37. The molecule has 82 valence electrons. The number of ether oxygens (including phenoxy) is 2. The summed E-state index contributed by atoms with van der Waals surface area (Å²) in [5.41, 5.74) is 0. The second kappa shape index (κ2) is 7.23. The predicted octanol–water partition coefficient (Wildman–Crippen LogP) is 2.62. The van der Waals surface area contributed by atoms with Crippen LogP contribution >= 0.6 is 15.9 Å². The van der Waals surface area contributed by atoms with Crippen LogP contribution in [0.1, 0.15) is 38.5 Å². The third-order valence-electron chi connectivity index (χ3n) is 2.17. The number of carbonyl (C=O) groups is 1. The fourth-order valence-corrected chi connectivity index (χ4v) is 1.77. The first kappa shape index (κ1) is 12.0. The molecule has 1 heterocycles. The van der Waals surface area contributed by atoms with Crippen LogP contribution < -0.4 is 0 Å². The first-order valence-corrected chi connectivity index (χ1v) is 6.32. The monoisotopic (exact) mass is 264 g/mol. The average Bonchev–Trinajstić information content (AvgIpc) is 2.20. The summed E-state index contributed by atoms with van der Waals surface area (Å²) in [6.45, 7) is 0.722. The Morgan fingerprint density at radius 2 is 2.29 bits per heavy atom. The Kier molecular flexibility index (Phi) is 6.19. The zero-order valence-electron chi connectivity index (χ0n) is 8.34. The van der Waals surface area contributed by atoms with Crippen molar-refractivity contribution in [1.82, 2.24) is 0 Å². The minimum Gasteiger partial charge on any atom is -0.436 e. The summed E-state index contributed by atoms with van der Waals surface area (Å²) in [6.07, 6.45) is 5.16. The van der Waals surface area contributed by atoms with Gasteiger partial charge >= 0.3 is 5.97 Å². The lowest BCUT2D eigenvalue weighted by molar-refractivity contribution is -0.186. The van der Waals surface area contributed by atoms with Crippen molar-refractivity contribution in [2.45, 2.75) is 44.8 Å². The van der Waals surface area contributed by atoms with Gasteiger partial charge in [-0.2, -0.15) is 0 Å². The molecule has 4 heteroatoms. The highest BCUT2D eigenvalue weighted by atomic mass is 79.9. The van der Waals surface area contributed by atoms with Crippen LogP contribution in [0.4, 0.5) is 0 Å². The Hall–Kier alpha value is -0.0900. The van der Waals surface area contributed by atoms with Crippen LogP contribution in [0.25, 0.3) is 0 Å². The van der Waals surface area contributed by atoms with E-state index in [2.05, 4.69) is 15.9 Å². The molecule has 0 N–H and O–H groups in total. The number of rotatable bonds is 5. The number of unbranched alkanes of at least 4 members (excludes halogenated alkanes) is 1. The van der Waals surface area contributed by atoms with Crippen molar-refractivity contribution < 1.29 is 14.3 Å². The van der Waals surface area contributed by atoms with Gasteiger partial charge in [0, 0.05) is 18.2 Å². The van der Waals surface area contributed by atoms with E-state index in [-0.39, 0.29) is 12.3 Å². The van der Waals surface area contributed by atoms with Gasteiger partial charge in [0.1, 0.15) is 0 Å². The molecule has 0 radical (unpaired) electrons. The maximum Gasteiger partial charge on any atom is 0.308 e. The molecule has 14 heavy (non-hydrogen) atoms. The Bertz CT molecular complexity index is 167. The molecular weight excluding hydrogens is 248 g/mol. The second-order valence-electron chi connectivity index (χ2n) is 3.43. The summed E-state index contributed by atoms with van der Waals surface area (Å²) in [6, 6.07) is 0. The molecule has 0 spiro atoms. The Morgan fingerprint density at radius 3 is 2.93 bits per heavy atom. The number of hydrogen-bond acceptors (Lipinski definition) is 3. The molecule has 3 nitrogen and oxygen atoms in total. The lowest BCUT2D eigenvalue weighted by Crippen LogP contribution is -2.25. The van der Waals surface area contributed by atoms with E-state index in [0.717, 1.165) is 44.0 Å². The average molecular weight is 265 g/mol. The van der Waals surface area contributed by atoms with Gasteiger partial charge < -0.3 is 9.47 Å². The van der Waals surface area contributed by atoms with Crippen molar-refractivity contribution >= 4 is 21.9 Å². The van der Waals surface area contributed by atoms with Gasteiger partial charge in [-0.05, 0) is 25.7 Å². The second-order valence-corrected chi connectivity index (χ2v) is 4.23. The van der Waals surface area contributed by atoms with Gasteiger partial charge in [-0.3, -0.25) is 4.79 Å². The van der Waals surface area contributed by atoms with Crippen LogP contribution in [0.3, 0.4) is 0 Å². The van der Waals surface area contributed by atoms with Gasteiger partial charge in [0.25, 0.3) is 0 Å². The minimum atomic E-state index is -0.278. The molecule has 1 saturated heterocycles. The normalized spacial score (nSPS) is 21.9. The van der Waals surface area contributed by atoms with Crippen LogP contribution in [-0.2, 0) is 14.3 Å². The summed E-state index contributed by atoms with van der Waals surface area (Å²) in [5, 5.41) is 0.945. The van der Waals surface area contributed by atoms with Gasteiger partial charge in [0.05, 0.1) is 6.61 Å².